The van der Waals surface area contributed by atoms with Gasteiger partial charge in [0.05, 0.1) is 18.3 Å². The molecular weight excluding hydrogens is 301 g/mol. The summed E-state index contributed by atoms with van der Waals surface area (Å²) < 4.78 is 18.0. The average Bonchev–Trinajstić information content (AvgIpc) is 2.75. The number of rotatable bonds is 3. The van der Waals surface area contributed by atoms with E-state index >= 15 is 0 Å². The number of nitrogens with zero attached hydrogens (tertiary/aromatic N) is 1. The topological polar surface area (TPSA) is 30.9 Å². The highest BCUT2D eigenvalue weighted by atomic mass is 16.7. The van der Waals surface area contributed by atoms with Crippen LogP contribution in [0.1, 0.15) is 53.9 Å². The number of hydrogen-bond donors (Lipinski definition) is 0. The third kappa shape index (κ3) is 3.04. The van der Waals surface area contributed by atoms with Gasteiger partial charge < -0.3 is 18.9 Å². The van der Waals surface area contributed by atoms with E-state index in [1.54, 1.807) is 7.11 Å². The summed E-state index contributed by atoms with van der Waals surface area (Å²) in [6.07, 6.45) is 3.83. The van der Waals surface area contributed by atoms with E-state index in [0.29, 0.717) is 6.04 Å². The SMILES string of the molecule is COc1cc(N2CCCCC2C)ccc1B1OC(C)(C)C(C)(C)O1. The maximum absolute atomic E-state index is 6.18. The molecule has 0 bridgehead atoms. The van der Waals surface area contributed by atoms with Crippen molar-refractivity contribution in [3.05, 3.63) is 18.2 Å². The lowest BCUT2D eigenvalue weighted by molar-refractivity contribution is 0.00578. The molecular formula is C19H30BNO3. The Hall–Kier alpha value is -1.20. The minimum atomic E-state index is -0.391. The van der Waals surface area contributed by atoms with Crippen molar-refractivity contribution in [1.29, 1.82) is 0 Å². The van der Waals surface area contributed by atoms with Crippen LogP contribution in [-0.2, 0) is 9.31 Å². The summed E-state index contributed by atoms with van der Waals surface area (Å²) in [7, 11) is 1.32. The molecule has 0 saturated carbocycles. The van der Waals surface area contributed by atoms with E-state index in [-0.39, 0.29) is 11.2 Å². The van der Waals surface area contributed by atoms with Crippen LogP contribution in [0.5, 0.6) is 5.75 Å². The minimum absolute atomic E-state index is 0.345. The Bertz CT molecular complexity index is 586. The molecule has 0 radical (unpaired) electrons. The zero-order chi connectivity index (χ0) is 17.5. The average molecular weight is 331 g/mol. The smallest absolute Gasteiger partial charge is 0.497 e. The van der Waals surface area contributed by atoms with Crippen LogP contribution < -0.4 is 15.1 Å². The second kappa shape index (κ2) is 6.27. The Balaban J connectivity index is 1.88. The first-order valence-electron chi connectivity index (χ1n) is 9.05. The third-order valence-corrected chi connectivity index (χ3v) is 5.86. The van der Waals surface area contributed by atoms with Gasteiger partial charge in [-0.15, -0.1) is 0 Å². The van der Waals surface area contributed by atoms with E-state index in [1.165, 1.54) is 24.9 Å². The van der Waals surface area contributed by atoms with Crippen LogP contribution in [0.15, 0.2) is 18.2 Å². The molecule has 5 heteroatoms. The van der Waals surface area contributed by atoms with Gasteiger partial charge in [0.15, 0.2) is 0 Å². The molecule has 2 aliphatic heterocycles. The van der Waals surface area contributed by atoms with Crippen LogP contribution in [0.3, 0.4) is 0 Å². The van der Waals surface area contributed by atoms with Gasteiger partial charge in [0.25, 0.3) is 0 Å². The molecule has 1 aromatic carbocycles. The van der Waals surface area contributed by atoms with Crippen molar-refractivity contribution in [3.8, 4) is 5.75 Å². The molecule has 4 nitrogen and oxygen atoms in total. The van der Waals surface area contributed by atoms with Gasteiger partial charge in [-0.2, -0.15) is 0 Å². The fourth-order valence-corrected chi connectivity index (χ4v) is 3.52. The summed E-state index contributed by atoms with van der Waals surface area (Å²) >= 11 is 0. The molecule has 0 amide bonds. The number of benzene rings is 1. The monoisotopic (exact) mass is 331 g/mol. The number of ether oxygens (including phenoxy) is 1. The number of piperidine rings is 1. The van der Waals surface area contributed by atoms with Crippen molar-refractivity contribution in [2.45, 2.75) is 71.1 Å². The first kappa shape index (κ1) is 17.6. The van der Waals surface area contributed by atoms with E-state index < -0.39 is 7.12 Å². The highest BCUT2D eigenvalue weighted by Crippen LogP contribution is 2.37. The van der Waals surface area contributed by atoms with Crippen molar-refractivity contribution in [2.75, 3.05) is 18.6 Å². The molecule has 0 N–H and O–H groups in total. The van der Waals surface area contributed by atoms with Crippen LogP contribution in [-0.4, -0.2) is 38.0 Å². The Morgan fingerprint density at radius 3 is 2.38 bits per heavy atom. The number of methoxy groups -OCH3 is 1. The largest absolute Gasteiger partial charge is 0.498 e. The van der Waals surface area contributed by atoms with Crippen molar-refractivity contribution in [3.63, 3.8) is 0 Å². The van der Waals surface area contributed by atoms with Gasteiger partial charge in [-0.05, 0) is 59.9 Å². The molecule has 1 unspecified atom stereocenters. The van der Waals surface area contributed by atoms with Gasteiger partial charge in [-0.3, -0.25) is 0 Å². The highest BCUT2D eigenvalue weighted by Gasteiger charge is 2.52. The van der Waals surface area contributed by atoms with Crippen molar-refractivity contribution in [1.82, 2.24) is 0 Å². The van der Waals surface area contributed by atoms with Crippen LogP contribution in [0.25, 0.3) is 0 Å². The fraction of sp³-hybridized carbons (Fsp3) is 0.684. The molecule has 2 aliphatic rings. The molecule has 1 atom stereocenters. The van der Waals surface area contributed by atoms with E-state index in [2.05, 4.69) is 57.7 Å². The fourth-order valence-electron chi connectivity index (χ4n) is 3.52. The summed E-state index contributed by atoms with van der Waals surface area (Å²) in [6, 6.07) is 6.97. The van der Waals surface area contributed by atoms with Crippen molar-refractivity contribution in [2.24, 2.45) is 0 Å². The molecule has 2 saturated heterocycles. The molecule has 0 spiro atoms. The minimum Gasteiger partial charge on any atom is -0.497 e. The number of anilines is 1. The van der Waals surface area contributed by atoms with Crippen molar-refractivity contribution >= 4 is 18.3 Å². The maximum atomic E-state index is 6.18. The Kier molecular flexibility index (Phi) is 4.60. The lowest BCUT2D eigenvalue weighted by Gasteiger charge is -2.35. The Labute approximate surface area is 146 Å². The summed E-state index contributed by atoms with van der Waals surface area (Å²) in [5, 5.41) is 0. The molecule has 132 valence electrons. The van der Waals surface area contributed by atoms with Crippen molar-refractivity contribution < 1.29 is 14.0 Å². The molecule has 2 heterocycles. The Morgan fingerprint density at radius 2 is 1.79 bits per heavy atom. The third-order valence-electron chi connectivity index (χ3n) is 5.86. The summed E-state index contributed by atoms with van der Waals surface area (Å²) in [6.45, 7) is 11.7. The van der Waals surface area contributed by atoms with Crippen LogP contribution in [0.2, 0.25) is 0 Å². The van der Waals surface area contributed by atoms with Crippen LogP contribution in [0.4, 0.5) is 5.69 Å². The molecule has 24 heavy (non-hydrogen) atoms. The van der Waals surface area contributed by atoms with E-state index in [1.807, 2.05) is 0 Å². The normalized spacial score (nSPS) is 25.8. The second-order valence-corrected chi connectivity index (χ2v) is 8.05. The molecule has 1 aromatic rings. The standard InChI is InChI=1S/C19H30BNO3/c1-14-9-7-8-12-21(14)15-10-11-16(17(13-15)22-6)20-23-18(2,3)19(4,5)24-20/h10-11,13-14H,7-9,12H2,1-6H3. The van der Waals surface area contributed by atoms with Crippen LogP contribution in [0, 0.1) is 0 Å². The molecule has 0 aliphatic carbocycles. The first-order valence-corrected chi connectivity index (χ1v) is 9.05. The lowest BCUT2D eigenvalue weighted by atomic mass is 9.78. The zero-order valence-corrected chi connectivity index (χ0v) is 15.9. The van der Waals surface area contributed by atoms with Gasteiger partial charge in [-0.25, -0.2) is 0 Å². The quantitative estimate of drug-likeness (QED) is 0.795. The lowest BCUT2D eigenvalue weighted by Crippen LogP contribution is -2.41. The van der Waals surface area contributed by atoms with Crippen LogP contribution >= 0.6 is 0 Å². The second-order valence-electron chi connectivity index (χ2n) is 8.05. The van der Waals surface area contributed by atoms with Gasteiger partial charge in [0.2, 0.25) is 0 Å². The predicted molar refractivity (Wildman–Crippen MR) is 99.4 cm³/mol. The maximum Gasteiger partial charge on any atom is 0.498 e. The Morgan fingerprint density at radius 1 is 1.12 bits per heavy atom. The number of hydrogen-bond acceptors (Lipinski definition) is 4. The zero-order valence-electron chi connectivity index (χ0n) is 15.9. The summed E-state index contributed by atoms with van der Waals surface area (Å²) in [5.74, 6) is 0.837. The first-order chi connectivity index (χ1) is 11.2. The summed E-state index contributed by atoms with van der Waals surface area (Å²) in [5.41, 5.74) is 1.50. The van der Waals surface area contributed by atoms with E-state index in [4.69, 9.17) is 14.0 Å². The highest BCUT2D eigenvalue weighted by molar-refractivity contribution is 6.63. The van der Waals surface area contributed by atoms with Gasteiger partial charge in [-0.1, -0.05) is 6.07 Å². The molecule has 0 aromatic heterocycles. The van der Waals surface area contributed by atoms with E-state index in [9.17, 15) is 0 Å². The molecule has 3 rings (SSSR count). The van der Waals surface area contributed by atoms with Gasteiger partial charge in [0, 0.05) is 29.8 Å². The summed E-state index contributed by atoms with van der Waals surface area (Å²) in [4.78, 5) is 2.47. The molecule has 2 fully saturated rings. The van der Waals surface area contributed by atoms with E-state index in [0.717, 1.165) is 17.8 Å². The van der Waals surface area contributed by atoms with Gasteiger partial charge in [0.1, 0.15) is 5.75 Å². The van der Waals surface area contributed by atoms with Gasteiger partial charge >= 0.3 is 7.12 Å². The predicted octanol–water partition coefficient (Wildman–Crippen LogP) is 3.37.